The molecule has 2 aromatic heterocycles. The number of carbonyl (C=O) groups is 1. The molecule has 1 aromatic carbocycles. The van der Waals surface area contributed by atoms with Gasteiger partial charge in [-0.15, -0.1) is 11.3 Å². The van der Waals surface area contributed by atoms with Crippen molar-refractivity contribution in [1.29, 1.82) is 0 Å². The topological polar surface area (TPSA) is 61.4 Å². The van der Waals surface area contributed by atoms with E-state index in [-0.39, 0.29) is 17.5 Å². The second kappa shape index (κ2) is 9.34. The van der Waals surface area contributed by atoms with Crippen molar-refractivity contribution in [1.82, 2.24) is 25.1 Å². The van der Waals surface area contributed by atoms with Crippen LogP contribution < -0.4 is 5.32 Å². The smallest absolute Gasteiger partial charge is 0.230 e. The molecule has 0 spiro atoms. The fourth-order valence-corrected chi connectivity index (χ4v) is 5.52. The number of benzene rings is 1. The van der Waals surface area contributed by atoms with Gasteiger partial charge in [0.05, 0.1) is 21.4 Å². The lowest BCUT2D eigenvalue weighted by Crippen LogP contribution is -2.45. The summed E-state index contributed by atoms with van der Waals surface area (Å²) >= 11 is 2.84. The van der Waals surface area contributed by atoms with Crippen molar-refractivity contribution in [3.05, 3.63) is 30.3 Å². The Kier molecular flexibility index (Phi) is 6.59. The molecule has 1 aliphatic heterocycles. The quantitative estimate of drug-likeness (QED) is 0.351. The van der Waals surface area contributed by atoms with Crippen LogP contribution in [0.3, 0.4) is 0 Å². The van der Waals surface area contributed by atoms with Gasteiger partial charge in [0, 0.05) is 37.4 Å². The summed E-state index contributed by atoms with van der Waals surface area (Å²) in [4.78, 5) is 25.6. The first-order valence-electron chi connectivity index (χ1n) is 9.74. The molecule has 1 saturated heterocycles. The number of aromatic nitrogens is 2. The molecule has 1 amide bonds. The van der Waals surface area contributed by atoms with Crippen molar-refractivity contribution < 1.29 is 9.18 Å². The van der Waals surface area contributed by atoms with Crippen LogP contribution in [0.1, 0.15) is 6.42 Å². The first-order chi connectivity index (χ1) is 14.1. The molecule has 1 fully saturated rings. The molecular weight excluding hydrogens is 409 g/mol. The second-order valence-corrected chi connectivity index (χ2v) is 9.22. The maximum Gasteiger partial charge on any atom is 0.230 e. The lowest BCUT2D eigenvalue weighted by molar-refractivity contribution is -0.118. The van der Waals surface area contributed by atoms with Crippen LogP contribution >= 0.6 is 23.1 Å². The third-order valence-corrected chi connectivity index (χ3v) is 7.37. The molecule has 1 aliphatic rings. The van der Waals surface area contributed by atoms with Crippen LogP contribution in [0.5, 0.6) is 0 Å². The molecule has 3 heterocycles. The van der Waals surface area contributed by atoms with Gasteiger partial charge in [0.15, 0.2) is 0 Å². The van der Waals surface area contributed by atoms with E-state index in [4.69, 9.17) is 0 Å². The van der Waals surface area contributed by atoms with E-state index < -0.39 is 0 Å². The van der Waals surface area contributed by atoms with Crippen LogP contribution in [0.4, 0.5) is 4.39 Å². The Hall–Kier alpha value is -1.81. The Morgan fingerprint density at radius 2 is 2.10 bits per heavy atom. The fourth-order valence-electron chi connectivity index (χ4n) is 3.45. The number of nitrogens with zero attached hydrogens (tertiary/aromatic N) is 4. The van der Waals surface area contributed by atoms with Gasteiger partial charge in [0.25, 0.3) is 0 Å². The first kappa shape index (κ1) is 20.5. The number of thiophene rings is 1. The predicted octanol–water partition coefficient (Wildman–Crippen LogP) is 2.83. The zero-order chi connectivity index (χ0) is 20.2. The third-order valence-electron chi connectivity index (χ3n) is 5.10. The lowest BCUT2D eigenvalue weighted by Gasteiger charge is -2.32. The van der Waals surface area contributed by atoms with E-state index in [1.807, 2.05) is 6.07 Å². The van der Waals surface area contributed by atoms with Crippen molar-refractivity contribution in [2.45, 2.75) is 11.4 Å². The molecule has 154 valence electrons. The van der Waals surface area contributed by atoms with E-state index >= 15 is 0 Å². The highest BCUT2D eigenvalue weighted by Gasteiger charge is 2.16. The minimum absolute atomic E-state index is 0.00701. The molecule has 4 rings (SSSR count). The van der Waals surface area contributed by atoms with Crippen molar-refractivity contribution in [3.8, 4) is 0 Å². The number of thioether (sulfide) groups is 1. The number of likely N-dealkylation sites (N-methyl/N-ethyl adjacent to an activating group) is 1. The predicted molar refractivity (Wildman–Crippen MR) is 117 cm³/mol. The number of nitrogens with one attached hydrogen (secondary N) is 1. The van der Waals surface area contributed by atoms with Gasteiger partial charge in [-0.05, 0) is 32.1 Å². The summed E-state index contributed by atoms with van der Waals surface area (Å²) in [5.74, 6) is 0.00563. The van der Waals surface area contributed by atoms with Crippen LogP contribution in [0.25, 0.3) is 20.3 Å². The van der Waals surface area contributed by atoms with Gasteiger partial charge in [-0.1, -0.05) is 17.8 Å². The molecule has 0 radical (unpaired) electrons. The Bertz CT molecular complexity index is 1000. The third kappa shape index (κ3) is 4.85. The molecule has 0 aliphatic carbocycles. The highest BCUT2D eigenvalue weighted by atomic mass is 32.2. The van der Waals surface area contributed by atoms with E-state index in [0.29, 0.717) is 17.4 Å². The normalized spacial score (nSPS) is 15.9. The van der Waals surface area contributed by atoms with Crippen LogP contribution in [-0.4, -0.2) is 77.7 Å². The molecule has 0 saturated carbocycles. The minimum Gasteiger partial charge on any atom is -0.355 e. The second-order valence-electron chi connectivity index (χ2n) is 7.21. The summed E-state index contributed by atoms with van der Waals surface area (Å²) in [5, 5.41) is 4.25. The van der Waals surface area contributed by atoms with Crippen molar-refractivity contribution in [3.63, 3.8) is 0 Å². The van der Waals surface area contributed by atoms with Crippen molar-refractivity contribution in [2.75, 3.05) is 52.1 Å². The summed E-state index contributed by atoms with van der Waals surface area (Å²) in [6, 6.07) is 5.02. The Balaban J connectivity index is 1.29. The Morgan fingerprint density at radius 1 is 1.28 bits per heavy atom. The number of amides is 1. The number of hydrogen-bond acceptors (Lipinski definition) is 7. The van der Waals surface area contributed by atoms with Gasteiger partial charge in [-0.3, -0.25) is 4.79 Å². The van der Waals surface area contributed by atoms with Gasteiger partial charge in [0.1, 0.15) is 17.2 Å². The molecule has 0 atom stereocenters. The molecule has 6 nitrogen and oxygen atoms in total. The molecule has 0 unspecified atom stereocenters. The van der Waals surface area contributed by atoms with Gasteiger partial charge in [0.2, 0.25) is 5.91 Å². The van der Waals surface area contributed by atoms with Crippen LogP contribution in [0.2, 0.25) is 0 Å². The monoisotopic (exact) mass is 433 g/mol. The summed E-state index contributed by atoms with van der Waals surface area (Å²) in [6.07, 6.45) is 2.39. The standard InChI is InChI=1S/C20H24FN5OS2/c1-25-8-10-26(11-9-25)7-3-6-22-16(27)12-28-20-19-18(23-13-24-20)17-14(21)4-2-5-15(17)29-19/h2,4-5,13H,3,6-12H2,1H3,(H,22,27). The molecule has 29 heavy (non-hydrogen) atoms. The number of fused-ring (bicyclic) bond motifs is 3. The molecule has 0 bridgehead atoms. The highest BCUT2D eigenvalue weighted by Crippen LogP contribution is 2.38. The van der Waals surface area contributed by atoms with Crippen LogP contribution in [-0.2, 0) is 4.79 Å². The van der Waals surface area contributed by atoms with Crippen molar-refractivity contribution in [2.24, 2.45) is 0 Å². The van der Waals surface area contributed by atoms with Gasteiger partial charge < -0.3 is 15.1 Å². The summed E-state index contributed by atoms with van der Waals surface area (Å²) in [7, 11) is 2.15. The van der Waals surface area contributed by atoms with Crippen molar-refractivity contribution >= 4 is 49.3 Å². The molecule has 3 aromatic rings. The van der Waals surface area contributed by atoms with Crippen LogP contribution in [0.15, 0.2) is 29.6 Å². The van der Waals surface area contributed by atoms with E-state index in [9.17, 15) is 9.18 Å². The van der Waals surface area contributed by atoms with E-state index in [1.54, 1.807) is 6.07 Å². The average molecular weight is 434 g/mol. The highest BCUT2D eigenvalue weighted by molar-refractivity contribution is 8.00. The minimum atomic E-state index is -0.276. The largest absolute Gasteiger partial charge is 0.355 e. The SMILES string of the molecule is CN1CCN(CCCNC(=O)CSc2ncnc3c2sc2cccc(F)c23)CC1. The van der Waals surface area contributed by atoms with E-state index in [0.717, 1.165) is 53.6 Å². The zero-order valence-electron chi connectivity index (χ0n) is 16.4. The number of hydrogen-bond donors (Lipinski definition) is 1. The molecular formula is C20H24FN5OS2. The number of piperazine rings is 1. The number of carbonyl (C=O) groups excluding carboxylic acids is 1. The van der Waals surface area contributed by atoms with Gasteiger partial charge >= 0.3 is 0 Å². The maximum absolute atomic E-state index is 14.2. The lowest BCUT2D eigenvalue weighted by atomic mass is 10.2. The zero-order valence-corrected chi connectivity index (χ0v) is 18.0. The summed E-state index contributed by atoms with van der Waals surface area (Å²) in [6.45, 7) is 6.11. The van der Waals surface area contributed by atoms with Crippen LogP contribution in [0, 0.1) is 5.82 Å². The number of rotatable bonds is 7. The van der Waals surface area contributed by atoms with E-state index in [2.05, 4.69) is 32.1 Å². The first-order valence-corrected chi connectivity index (χ1v) is 11.5. The average Bonchev–Trinajstić information content (AvgIpc) is 3.11. The molecule has 9 heteroatoms. The Morgan fingerprint density at radius 3 is 2.93 bits per heavy atom. The van der Waals surface area contributed by atoms with Gasteiger partial charge in [-0.2, -0.15) is 0 Å². The van der Waals surface area contributed by atoms with E-state index in [1.165, 1.54) is 35.5 Å². The Labute approximate surface area is 177 Å². The summed E-state index contributed by atoms with van der Waals surface area (Å²) in [5.41, 5.74) is 0.619. The fraction of sp³-hybridized carbons (Fsp3) is 0.450. The maximum atomic E-state index is 14.2. The number of halogens is 1. The molecule has 1 N–H and O–H groups in total. The summed E-state index contributed by atoms with van der Waals surface area (Å²) < 4.78 is 15.9. The van der Waals surface area contributed by atoms with Gasteiger partial charge in [-0.25, -0.2) is 14.4 Å².